The number of carbonyl (C=O) groups is 1. The summed E-state index contributed by atoms with van der Waals surface area (Å²) < 4.78 is 5.85. The van der Waals surface area contributed by atoms with Crippen molar-refractivity contribution >= 4 is 6.03 Å². The van der Waals surface area contributed by atoms with Gasteiger partial charge in [0.15, 0.2) is 0 Å². The molecule has 0 unspecified atom stereocenters. The van der Waals surface area contributed by atoms with Crippen molar-refractivity contribution < 1.29 is 9.21 Å². The maximum absolute atomic E-state index is 12.3. The van der Waals surface area contributed by atoms with Crippen molar-refractivity contribution in [3.8, 4) is 0 Å². The average Bonchev–Trinajstić information content (AvgIpc) is 3.14. The van der Waals surface area contributed by atoms with Gasteiger partial charge < -0.3 is 14.2 Å². The molecule has 0 saturated carbocycles. The Labute approximate surface area is 139 Å². The third-order valence-electron chi connectivity index (χ3n) is 5.28. The van der Waals surface area contributed by atoms with E-state index in [1.165, 1.54) is 12.8 Å². The van der Waals surface area contributed by atoms with Gasteiger partial charge in [-0.2, -0.15) is 0 Å². The second-order valence-electron chi connectivity index (χ2n) is 7.38. The lowest BCUT2D eigenvalue weighted by atomic mass is 9.79. The highest BCUT2D eigenvalue weighted by molar-refractivity contribution is 5.74. The Morgan fingerprint density at radius 2 is 2.00 bits per heavy atom. The third kappa shape index (κ3) is 3.55. The number of furan rings is 1. The molecule has 0 bridgehead atoms. The number of rotatable bonds is 3. The second kappa shape index (κ2) is 6.56. The summed E-state index contributed by atoms with van der Waals surface area (Å²) in [4.78, 5) is 18.5. The van der Waals surface area contributed by atoms with Crippen LogP contribution in [0.2, 0.25) is 0 Å². The monoisotopic (exact) mass is 319 g/mol. The predicted molar refractivity (Wildman–Crippen MR) is 90.3 cm³/mol. The van der Waals surface area contributed by atoms with Crippen LogP contribution in [0.25, 0.3) is 0 Å². The largest absolute Gasteiger partial charge is 0.465 e. The van der Waals surface area contributed by atoms with Gasteiger partial charge in [0.1, 0.15) is 11.5 Å². The van der Waals surface area contributed by atoms with Crippen molar-refractivity contribution in [1.82, 2.24) is 14.7 Å². The molecule has 5 heteroatoms. The molecular formula is C18H29N3O2. The SMILES string of the molecule is CCc1ccc(CN2CC[C@]3(CCCN(C(=O)N(C)C)C3)C2)o1. The van der Waals surface area contributed by atoms with E-state index in [4.69, 9.17) is 4.42 Å². The lowest BCUT2D eigenvalue weighted by molar-refractivity contribution is 0.0938. The number of nitrogens with zero attached hydrogens (tertiary/aromatic N) is 3. The molecule has 128 valence electrons. The molecule has 2 aliphatic rings. The molecule has 2 fully saturated rings. The highest BCUT2D eigenvalue weighted by Crippen LogP contribution is 2.39. The van der Waals surface area contributed by atoms with Gasteiger partial charge in [0.25, 0.3) is 0 Å². The summed E-state index contributed by atoms with van der Waals surface area (Å²) in [6.45, 7) is 6.99. The number of carbonyl (C=O) groups excluding carboxylic acids is 1. The van der Waals surface area contributed by atoms with Crippen LogP contribution in [-0.2, 0) is 13.0 Å². The molecule has 0 aliphatic carbocycles. The molecule has 1 aromatic rings. The number of urea groups is 1. The Hall–Kier alpha value is -1.49. The average molecular weight is 319 g/mol. The Morgan fingerprint density at radius 3 is 2.70 bits per heavy atom. The molecule has 2 aliphatic heterocycles. The van der Waals surface area contributed by atoms with Crippen LogP contribution in [0.15, 0.2) is 16.5 Å². The Morgan fingerprint density at radius 1 is 1.22 bits per heavy atom. The van der Waals surface area contributed by atoms with Crippen LogP contribution in [0.4, 0.5) is 4.79 Å². The van der Waals surface area contributed by atoms with Gasteiger partial charge in [-0.3, -0.25) is 4.90 Å². The lowest BCUT2D eigenvalue weighted by Gasteiger charge is -2.41. The summed E-state index contributed by atoms with van der Waals surface area (Å²) in [5, 5.41) is 0. The van der Waals surface area contributed by atoms with E-state index in [0.717, 1.165) is 57.1 Å². The van der Waals surface area contributed by atoms with Crippen LogP contribution in [0, 0.1) is 5.41 Å². The van der Waals surface area contributed by atoms with Gasteiger partial charge in [-0.1, -0.05) is 6.92 Å². The summed E-state index contributed by atoms with van der Waals surface area (Å²) >= 11 is 0. The van der Waals surface area contributed by atoms with E-state index >= 15 is 0 Å². The maximum Gasteiger partial charge on any atom is 0.319 e. The van der Waals surface area contributed by atoms with E-state index in [2.05, 4.69) is 24.0 Å². The number of likely N-dealkylation sites (tertiary alicyclic amines) is 2. The van der Waals surface area contributed by atoms with Crippen molar-refractivity contribution in [2.45, 2.75) is 39.2 Å². The van der Waals surface area contributed by atoms with Gasteiger partial charge in [-0.05, 0) is 37.9 Å². The maximum atomic E-state index is 12.3. The molecule has 3 heterocycles. The third-order valence-corrected chi connectivity index (χ3v) is 5.28. The minimum Gasteiger partial charge on any atom is -0.465 e. The second-order valence-corrected chi connectivity index (χ2v) is 7.38. The molecule has 1 atom stereocenters. The van der Waals surface area contributed by atoms with E-state index in [0.29, 0.717) is 0 Å². The van der Waals surface area contributed by atoms with Crippen molar-refractivity contribution in [2.24, 2.45) is 5.41 Å². The van der Waals surface area contributed by atoms with Gasteiger partial charge in [0.05, 0.1) is 6.54 Å². The van der Waals surface area contributed by atoms with E-state index in [9.17, 15) is 4.79 Å². The van der Waals surface area contributed by atoms with Gasteiger partial charge in [-0.25, -0.2) is 4.79 Å². The zero-order chi connectivity index (χ0) is 16.4. The molecular weight excluding hydrogens is 290 g/mol. The predicted octanol–water partition coefficient (Wildman–Crippen LogP) is 2.81. The topological polar surface area (TPSA) is 39.9 Å². The van der Waals surface area contributed by atoms with Crippen LogP contribution in [0.1, 0.15) is 37.7 Å². The minimum atomic E-state index is 0.154. The first-order chi connectivity index (χ1) is 11.0. The molecule has 5 nitrogen and oxygen atoms in total. The van der Waals surface area contributed by atoms with Crippen LogP contribution < -0.4 is 0 Å². The van der Waals surface area contributed by atoms with Gasteiger partial charge in [0, 0.05) is 45.6 Å². The fourth-order valence-corrected chi connectivity index (χ4v) is 4.07. The summed E-state index contributed by atoms with van der Waals surface area (Å²) in [5.41, 5.74) is 0.282. The first-order valence-corrected chi connectivity index (χ1v) is 8.77. The smallest absolute Gasteiger partial charge is 0.319 e. The Bertz CT molecular complexity index is 554. The highest BCUT2D eigenvalue weighted by Gasteiger charge is 2.42. The molecule has 3 rings (SSSR count). The standard InChI is InChI=1S/C18H29N3O2/c1-4-15-6-7-16(23-15)12-20-11-9-18(13-20)8-5-10-21(14-18)17(22)19(2)3/h6-7H,4-5,8-14H2,1-3H3/t18-/m1/s1. The first kappa shape index (κ1) is 16.4. The molecule has 0 N–H and O–H groups in total. The van der Waals surface area contributed by atoms with Crippen LogP contribution in [-0.4, -0.2) is 61.0 Å². The molecule has 1 spiro atoms. The normalized spacial score (nSPS) is 25.3. The zero-order valence-corrected chi connectivity index (χ0v) is 14.7. The zero-order valence-electron chi connectivity index (χ0n) is 14.7. The molecule has 2 amide bonds. The molecule has 2 saturated heterocycles. The fourth-order valence-electron chi connectivity index (χ4n) is 4.07. The van der Waals surface area contributed by atoms with Crippen LogP contribution in [0.3, 0.4) is 0 Å². The molecule has 0 aromatic carbocycles. The van der Waals surface area contributed by atoms with Gasteiger partial charge in [-0.15, -0.1) is 0 Å². The molecule has 23 heavy (non-hydrogen) atoms. The van der Waals surface area contributed by atoms with Crippen molar-refractivity contribution in [3.63, 3.8) is 0 Å². The van der Waals surface area contributed by atoms with E-state index in [-0.39, 0.29) is 11.4 Å². The summed E-state index contributed by atoms with van der Waals surface area (Å²) in [6.07, 6.45) is 4.49. The molecule has 1 aromatic heterocycles. The summed E-state index contributed by atoms with van der Waals surface area (Å²) in [5.74, 6) is 2.13. The first-order valence-electron chi connectivity index (χ1n) is 8.77. The number of piperidine rings is 1. The highest BCUT2D eigenvalue weighted by atomic mass is 16.3. The van der Waals surface area contributed by atoms with Crippen LogP contribution >= 0.6 is 0 Å². The number of amides is 2. The Balaban J connectivity index is 1.60. The van der Waals surface area contributed by atoms with E-state index in [1.54, 1.807) is 4.90 Å². The lowest BCUT2D eigenvalue weighted by Crippen LogP contribution is -2.50. The van der Waals surface area contributed by atoms with Gasteiger partial charge in [0.2, 0.25) is 0 Å². The van der Waals surface area contributed by atoms with Gasteiger partial charge >= 0.3 is 6.03 Å². The fraction of sp³-hybridized carbons (Fsp3) is 0.722. The number of hydrogen-bond donors (Lipinski definition) is 0. The van der Waals surface area contributed by atoms with E-state index in [1.807, 2.05) is 19.0 Å². The summed E-state index contributed by atoms with van der Waals surface area (Å²) in [6, 6.07) is 4.34. The van der Waals surface area contributed by atoms with E-state index < -0.39 is 0 Å². The quantitative estimate of drug-likeness (QED) is 0.860. The summed E-state index contributed by atoms with van der Waals surface area (Å²) in [7, 11) is 3.68. The Kier molecular flexibility index (Phi) is 4.67. The van der Waals surface area contributed by atoms with Crippen molar-refractivity contribution in [3.05, 3.63) is 23.7 Å². The van der Waals surface area contributed by atoms with Crippen molar-refractivity contribution in [1.29, 1.82) is 0 Å². The number of hydrogen-bond acceptors (Lipinski definition) is 3. The number of aryl methyl sites for hydroxylation is 1. The minimum absolute atomic E-state index is 0.154. The van der Waals surface area contributed by atoms with Crippen LogP contribution in [0.5, 0.6) is 0 Å². The van der Waals surface area contributed by atoms with Crippen molar-refractivity contribution in [2.75, 3.05) is 40.3 Å². The molecule has 0 radical (unpaired) electrons.